The van der Waals surface area contributed by atoms with Crippen molar-refractivity contribution in [2.45, 2.75) is 19.9 Å². The summed E-state index contributed by atoms with van der Waals surface area (Å²) in [6.45, 7) is 4.17. The molecule has 5 nitrogen and oxygen atoms in total. The van der Waals surface area contributed by atoms with E-state index >= 15 is 0 Å². The maximum atomic E-state index is 5.98. The van der Waals surface area contributed by atoms with Crippen LogP contribution in [0.15, 0.2) is 36.7 Å². The summed E-state index contributed by atoms with van der Waals surface area (Å²) in [6, 6.07) is 10.1. The Kier molecular flexibility index (Phi) is 2.67. The fourth-order valence-electron chi connectivity index (χ4n) is 2.03. The molecule has 1 aromatic carbocycles. The van der Waals surface area contributed by atoms with Crippen LogP contribution in [0.4, 0.5) is 5.82 Å². The molecule has 0 bridgehead atoms. The zero-order valence-electron chi connectivity index (χ0n) is 10.9. The molecule has 19 heavy (non-hydrogen) atoms. The van der Waals surface area contributed by atoms with Crippen LogP contribution >= 0.6 is 0 Å². The molecule has 0 aliphatic rings. The number of anilines is 1. The maximum Gasteiger partial charge on any atom is 0.166 e. The second-order valence-electron chi connectivity index (χ2n) is 4.72. The minimum atomic E-state index is 0.280. The number of nitrogens with two attached hydrogens (primary N) is 1. The van der Waals surface area contributed by atoms with Gasteiger partial charge in [-0.15, -0.1) is 0 Å². The quantitative estimate of drug-likeness (QED) is 0.762. The van der Waals surface area contributed by atoms with Crippen LogP contribution in [0.2, 0.25) is 0 Å². The molecule has 0 saturated heterocycles. The van der Waals surface area contributed by atoms with Gasteiger partial charge in [0, 0.05) is 11.6 Å². The zero-order chi connectivity index (χ0) is 13.4. The van der Waals surface area contributed by atoms with Gasteiger partial charge in [0.1, 0.15) is 5.52 Å². The standard InChI is InChI=1S/C14H15N5/c1-9(2)19-8-16-11-12(15)17-13(18-14(11)19)10-6-4-3-5-7-10/h3-9H,1-2H3,(H2,15,17,18). The van der Waals surface area contributed by atoms with E-state index in [2.05, 4.69) is 28.8 Å². The lowest BCUT2D eigenvalue weighted by Gasteiger charge is -2.08. The van der Waals surface area contributed by atoms with Gasteiger partial charge in [-0.25, -0.2) is 15.0 Å². The van der Waals surface area contributed by atoms with Crippen molar-refractivity contribution in [3.05, 3.63) is 36.7 Å². The van der Waals surface area contributed by atoms with Gasteiger partial charge in [0.2, 0.25) is 0 Å². The van der Waals surface area contributed by atoms with Crippen molar-refractivity contribution in [1.29, 1.82) is 0 Å². The molecule has 0 aliphatic carbocycles. The summed E-state index contributed by atoms with van der Waals surface area (Å²) in [5, 5.41) is 0. The molecular formula is C14H15N5. The molecule has 2 N–H and O–H groups in total. The predicted octanol–water partition coefficient (Wildman–Crippen LogP) is 2.66. The molecule has 0 aliphatic heterocycles. The number of benzene rings is 1. The van der Waals surface area contributed by atoms with E-state index in [9.17, 15) is 0 Å². The van der Waals surface area contributed by atoms with Crippen molar-refractivity contribution >= 4 is 17.0 Å². The van der Waals surface area contributed by atoms with Crippen molar-refractivity contribution in [1.82, 2.24) is 19.5 Å². The highest BCUT2D eigenvalue weighted by atomic mass is 15.1. The molecule has 5 heteroatoms. The van der Waals surface area contributed by atoms with Gasteiger partial charge in [-0.3, -0.25) is 0 Å². The topological polar surface area (TPSA) is 69.6 Å². The number of imidazole rings is 1. The molecule has 96 valence electrons. The Morgan fingerprint density at radius 3 is 2.53 bits per heavy atom. The van der Waals surface area contributed by atoms with Gasteiger partial charge in [-0.2, -0.15) is 0 Å². The largest absolute Gasteiger partial charge is 0.382 e. The number of hydrogen-bond donors (Lipinski definition) is 1. The second-order valence-corrected chi connectivity index (χ2v) is 4.72. The highest BCUT2D eigenvalue weighted by molar-refractivity contribution is 5.83. The molecule has 0 radical (unpaired) electrons. The van der Waals surface area contributed by atoms with E-state index in [1.165, 1.54) is 0 Å². The Balaban J connectivity index is 2.26. The number of nitrogens with zero attached hydrogens (tertiary/aromatic N) is 4. The summed E-state index contributed by atoms with van der Waals surface area (Å²) < 4.78 is 2.00. The van der Waals surface area contributed by atoms with Crippen LogP contribution in [0, 0.1) is 0 Å². The number of fused-ring (bicyclic) bond motifs is 1. The summed E-state index contributed by atoms with van der Waals surface area (Å²) in [5.41, 5.74) is 8.37. The van der Waals surface area contributed by atoms with Crippen molar-refractivity contribution in [2.24, 2.45) is 0 Å². The summed E-state index contributed by atoms with van der Waals surface area (Å²) in [7, 11) is 0. The monoisotopic (exact) mass is 253 g/mol. The number of nitrogen functional groups attached to an aromatic ring is 1. The maximum absolute atomic E-state index is 5.98. The van der Waals surface area contributed by atoms with Crippen LogP contribution < -0.4 is 5.73 Å². The molecule has 0 amide bonds. The van der Waals surface area contributed by atoms with Crippen molar-refractivity contribution in [2.75, 3.05) is 5.73 Å². The van der Waals surface area contributed by atoms with Crippen LogP contribution in [0.25, 0.3) is 22.6 Å². The lowest BCUT2D eigenvalue weighted by molar-refractivity contribution is 0.613. The first-order chi connectivity index (χ1) is 9.16. The van der Waals surface area contributed by atoms with Gasteiger partial charge in [0.25, 0.3) is 0 Å². The van der Waals surface area contributed by atoms with Crippen LogP contribution in [-0.2, 0) is 0 Å². The van der Waals surface area contributed by atoms with Gasteiger partial charge in [0.15, 0.2) is 17.3 Å². The summed E-state index contributed by atoms with van der Waals surface area (Å²) >= 11 is 0. The lowest BCUT2D eigenvalue weighted by Crippen LogP contribution is -2.03. The van der Waals surface area contributed by atoms with Crippen molar-refractivity contribution in [3.8, 4) is 11.4 Å². The van der Waals surface area contributed by atoms with E-state index in [-0.39, 0.29) is 6.04 Å². The summed E-state index contributed by atoms with van der Waals surface area (Å²) in [6.07, 6.45) is 1.76. The molecule has 3 aromatic rings. The average Bonchev–Trinajstić information content (AvgIpc) is 2.84. The Labute approximate surface area is 111 Å². The lowest BCUT2D eigenvalue weighted by atomic mass is 10.2. The molecule has 0 saturated carbocycles. The van der Waals surface area contributed by atoms with E-state index in [0.29, 0.717) is 17.2 Å². The SMILES string of the molecule is CC(C)n1cnc2c(N)nc(-c3ccccc3)nc21. The Morgan fingerprint density at radius 1 is 1.11 bits per heavy atom. The Hall–Kier alpha value is -2.43. The van der Waals surface area contributed by atoms with E-state index in [1.54, 1.807) is 6.33 Å². The molecule has 3 rings (SSSR count). The van der Waals surface area contributed by atoms with Crippen LogP contribution in [0.5, 0.6) is 0 Å². The molecule has 2 heterocycles. The van der Waals surface area contributed by atoms with Gasteiger partial charge in [-0.1, -0.05) is 30.3 Å². The predicted molar refractivity (Wildman–Crippen MR) is 75.6 cm³/mol. The molecule has 0 unspecified atom stereocenters. The third-order valence-corrected chi connectivity index (χ3v) is 3.04. The molecule has 0 spiro atoms. The highest BCUT2D eigenvalue weighted by Gasteiger charge is 2.13. The fourth-order valence-corrected chi connectivity index (χ4v) is 2.03. The highest BCUT2D eigenvalue weighted by Crippen LogP contribution is 2.23. The smallest absolute Gasteiger partial charge is 0.166 e. The summed E-state index contributed by atoms with van der Waals surface area (Å²) in [5.74, 6) is 1.05. The van der Waals surface area contributed by atoms with Gasteiger partial charge in [0.05, 0.1) is 6.33 Å². The van der Waals surface area contributed by atoms with Crippen molar-refractivity contribution < 1.29 is 0 Å². The zero-order valence-corrected chi connectivity index (χ0v) is 10.9. The third kappa shape index (κ3) is 1.93. The van der Waals surface area contributed by atoms with Crippen LogP contribution in [0.1, 0.15) is 19.9 Å². The van der Waals surface area contributed by atoms with Gasteiger partial charge < -0.3 is 10.3 Å². The molecule has 2 aromatic heterocycles. The van der Waals surface area contributed by atoms with Crippen LogP contribution in [-0.4, -0.2) is 19.5 Å². The molecular weight excluding hydrogens is 238 g/mol. The number of hydrogen-bond acceptors (Lipinski definition) is 4. The first-order valence-electron chi connectivity index (χ1n) is 6.22. The average molecular weight is 253 g/mol. The summed E-state index contributed by atoms with van der Waals surface area (Å²) in [4.78, 5) is 13.2. The fraction of sp³-hybridized carbons (Fsp3) is 0.214. The first-order valence-corrected chi connectivity index (χ1v) is 6.22. The third-order valence-electron chi connectivity index (χ3n) is 3.04. The van der Waals surface area contributed by atoms with E-state index in [4.69, 9.17) is 5.73 Å². The van der Waals surface area contributed by atoms with Crippen molar-refractivity contribution in [3.63, 3.8) is 0 Å². The number of aromatic nitrogens is 4. The second kappa shape index (κ2) is 4.35. The molecule has 0 fully saturated rings. The minimum Gasteiger partial charge on any atom is -0.382 e. The van der Waals surface area contributed by atoms with E-state index in [0.717, 1.165) is 11.2 Å². The Morgan fingerprint density at radius 2 is 1.84 bits per heavy atom. The Bertz CT molecular complexity index is 715. The molecule has 0 atom stereocenters. The normalized spacial score (nSPS) is 11.3. The van der Waals surface area contributed by atoms with Gasteiger partial charge in [-0.05, 0) is 13.8 Å². The van der Waals surface area contributed by atoms with E-state index < -0.39 is 0 Å². The van der Waals surface area contributed by atoms with Gasteiger partial charge >= 0.3 is 0 Å². The minimum absolute atomic E-state index is 0.280. The number of rotatable bonds is 2. The first kappa shape index (κ1) is 11.6. The van der Waals surface area contributed by atoms with Crippen LogP contribution in [0.3, 0.4) is 0 Å². The van der Waals surface area contributed by atoms with E-state index in [1.807, 2.05) is 34.9 Å².